The molecule has 2 N–H and O–H groups in total. The molecule has 0 heterocycles. The van der Waals surface area contributed by atoms with Gasteiger partial charge in [-0.25, -0.2) is 8.42 Å². The highest BCUT2D eigenvalue weighted by Gasteiger charge is 2.15. The predicted molar refractivity (Wildman–Crippen MR) is 65.4 cm³/mol. The summed E-state index contributed by atoms with van der Waals surface area (Å²) in [5.41, 5.74) is 6.38. The molecule has 0 aliphatic heterocycles. The number of hydrogen-bond acceptors (Lipinski definition) is 3. The van der Waals surface area contributed by atoms with Crippen molar-refractivity contribution < 1.29 is 8.42 Å². The van der Waals surface area contributed by atoms with Crippen molar-refractivity contribution in [3.8, 4) is 0 Å². The Labute approximate surface area is 97.1 Å². The summed E-state index contributed by atoms with van der Waals surface area (Å²) in [6.07, 6.45) is 1.91. The van der Waals surface area contributed by atoms with Gasteiger partial charge in [-0.3, -0.25) is 0 Å². The van der Waals surface area contributed by atoms with E-state index in [1.165, 1.54) is 10.6 Å². The maximum atomic E-state index is 11.5. The molecule has 0 aromatic heterocycles. The van der Waals surface area contributed by atoms with Gasteiger partial charge in [0.15, 0.2) is 0 Å². The number of hydrogen-bond donors (Lipinski definition) is 1. The molecule has 4 nitrogen and oxygen atoms in total. The maximum absolute atomic E-state index is 11.5. The molecular formula is C11H18N2O2S. The van der Waals surface area contributed by atoms with Crippen LogP contribution in [-0.4, -0.2) is 32.1 Å². The highest BCUT2D eigenvalue weighted by Crippen LogP contribution is 2.08. The Morgan fingerprint density at radius 3 is 2.38 bits per heavy atom. The fourth-order valence-electron chi connectivity index (χ4n) is 1.42. The largest absolute Gasteiger partial charge is 0.330 e. The predicted octanol–water partition coefficient (Wildman–Crippen LogP) is 0.797. The molecule has 0 saturated carbocycles. The van der Waals surface area contributed by atoms with Crippen molar-refractivity contribution in [1.82, 2.24) is 4.31 Å². The van der Waals surface area contributed by atoms with Crippen molar-refractivity contribution in [2.45, 2.75) is 13.0 Å². The third kappa shape index (κ3) is 4.30. The Kier molecular flexibility index (Phi) is 4.92. The molecular weight excluding hydrogens is 224 g/mol. The van der Waals surface area contributed by atoms with Crippen molar-refractivity contribution in [2.24, 2.45) is 5.73 Å². The summed E-state index contributed by atoms with van der Waals surface area (Å²) in [4.78, 5) is 0. The summed E-state index contributed by atoms with van der Waals surface area (Å²) < 4.78 is 24.5. The molecule has 0 aliphatic rings. The lowest BCUT2D eigenvalue weighted by atomic mass is 10.2. The van der Waals surface area contributed by atoms with E-state index in [2.05, 4.69) is 0 Å². The van der Waals surface area contributed by atoms with Gasteiger partial charge in [0, 0.05) is 13.1 Å². The first-order valence-electron chi connectivity index (χ1n) is 5.23. The van der Waals surface area contributed by atoms with Crippen molar-refractivity contribution in [3.63, 3.8) is 0 Å². The van der Waals surface area contributed by atoms with E-state index in [1.807, 2.05) is 30.3 Å². The number of benzene rings is 1. The van der Waals surface area contributed by atoms with Crippen LogP contribution in [0.2, 0.25) is 0 Å². The zero-order valence-corrected chi connectivity index (χ0v) is 10.3. The van der Waals surface area contributed by atoms with Crippen molar-refractivity contribution in [1.29, 1.82) is 0 Å². The highest BCUT2D eigenvalue weighted by molar-refractivity contribution is 7.88. The SMILES string of the molecule is CS(=O)(=O)N(CCCN)Cc1ccccc1. The second kappa shape index (κ2) is 5.98. The molecule has 0 saturated heterocycles. The Bertz CT molecular complexity index is 403. The lowest BCUT2D eigenvalue weighted by Crippen LogP contribution is -2.31. The van der Waals surface area contributed by atoms with Crippen molar-refractivity contribution >= 4 is 10.0 Å². The van der Waals surface area contributed by atoms with Crippen LogP contribution >= 0.6 is 0 Å². The van der Waals surface area contributed by atoms with Crippen LogP contribution in [0.5, 0.6) is 0 Å². The average molecular weight is 242 g/mol. The van der Waals surface area contributed by atoms with Crippen LogP contribution < -0.4 is 5.73 Å². The Morgan fingerprint density at radius 1 is 1.25 bits per heavy atom. The third-order valence-electron chi connectivity index (χ3n) is 2.28. The first-order chi connectivity index (χ1) is 7.54. The van der Waals surface area contributed by atoms with E-state index >= 15 is 0 Å². The first kappa shape index (κ1) is 13.2. The topological polar surface area (TPSA) is 63.4 Å². The van der Waals surface area contributed by atoms with Gasteiger partial charge in [-0.05, 0) is 18.5 Å². The van der Waals surface area contributed by atoms with Gasteiger partial charge in [-0.15, -0.1) is 0 Å². The molecule has 90 valence electrons. The molecule has 1 aromatic carbocycles. The minimum Gasteiger partial charge on any atom is -0.330 e. The molecule has 0 atom stereocenters. The Morgan fingerprint density at radius 2 is 1.88 bits per heavy atom. The van der Waals surface area contributed by atoms with E-state index in [-0.39, 0.29) is 0 Å². The van der Waals surface area contributed by atoms with E-state index in [1.54, 1.807) is 0 Å². The molecule has 1 aromatic rings. The number of nitrogens with two attached hydrogens (primary N) is 1. The zero-order valence-electron chi connectivity index (χ0n) is 9.46. The van der Waals surface area contributed by atoms with Crippen LogP contribution in [0.15, 0.2) is 30.3 Å². The first-order valence-corrected chi connectivity index (χ1v) is 7.08. The summed E-state index contributed by atoms with van der Waals surface area (Å²) in [5.74, 6) is 0. The minimum atomic E-state index is -3.16. The lowest BCUT2D eigenvalue weighted by molar-refractivity contribution is 0.405. The average Bonchev–Trinajstić information content (AvgIpc) is 2.24. The van der Waals surface area contributed by atoms with Gasteiger partial charge in [0.2, 0.25) is 10.0 Å². The van der Waals surface area contributed by atoms with Gasteiger partial charge < -0.3 is 5.73 Å². The van der Waals surface area contributed by atoms with E-state index in [9.17, 15) is 8.42 Å². The summed E-state index contributed by atoms with van der Waals surface area (Å²) in [6.45, 7) is 1.39. The van der Waals surface area contributed by atoms with Crippen LogP contribution in [0.25, 0.3) is 0 Å². The summed E-state index contributed by atoms with van der Waals surface area (Å²) in [5, 5.41) is 0. The summed E-state index contributed by atoms with van der Waals surface area (Å²) in [7, 11) is -3.16. The van der Waals surface area contributed by atoms with Crippen LogP contribution in [0.4, 0.5) is 0 Å². The summed E-state index contributed by atoms with van der Waals surface area (Å²) >= 11 is 0. The normalized spacial score (nSPS) is 11.9. The molecule has 0 fully saturated rings. The molecule has 0 bridgehead atoms. The Hall–Kier alpha value is -0.910. The molecule has 5 heteroatoms. The molecule has 0 amide bonds. The Balaban J connectivity index is 2.72. The molecule has 0 spiro atoms. The van der Waals surface area contributed by atoms with E-state index in [0.29, 0.717) is 26.1 Å². The van der Waals surface area contributed by atoms with Crippen LogP contribution in [-0.2, 0) is 16.6 Å². The van der Waals surface area contributed by atoms with Gasteiger partial charge in [-0.2, -0.15) is 4.31 Å². The van der Waals surface area contributed by atoms with E-state index in [0.717, 1.165) is 5.56 Å². The molecule has 16 heavy (non-hydrogen) atoms. The van der Waals surface area contributed by atoms with Gasteiger partial charge in [-0.1, -0.05) is 30.3 Å². The molecule has 0 radical (unpaired) electrons. The zero-order chi connectivity index (χ0) is 12.0. The van der Waals surface area contributed by atoms with Gasteiger partial charge in [0.25, 0.3) is 0 Å². The fourth-order valence-corrected chi connectivity index (χ4v) is 2.26. The van der Waals surface area contributed by atoms with E-state index < -0.39 is 10.0 Å². The molecule has 0 aliphatic carbocycles. The highest BCUT2D eigenvalue weighted by atomic mass is 32.2. The van der Waals surface area contributed by atoms with Gasteiger partial charge in [0.1, 0.15) is 0 Å². The standard InChI is InChI=1S/C11H18N2O2S/c1-16(14,15)13(9-5-8-12)10-11-6-3-2-4-7-11/h2-4,6-7H,5,8-10,12H2,1H3. The molecule has 0 unspecified atom stereocenters. The summed E-state index contributed by atoms with van der Waals surface area (Å²) in [6, 6.07) is 9.55. The van der Waals surface area contributed by atoms with Gasteiger partial charge >= 0.3 is 0 Å². The van der Waals surface area contributed by atoms with Crippen LogP contribution in [0.1, 0.15) is 12.0 Å². The minimum absolute atomic E-state index is 0.416. The maximum Gasteiger partial charge on any atom is 0.211 e. The van der Waals surface area contributed by atoms with E-state index in [4.69, 9.17) is 5.73 Å². The number of sulfonamides is 1. The smallest absolute Gasteiger partial charge is 0.211 e. The lowest BCUT2D eigenvalue weighted by Gasteiger charge is -2.19. The monoisotopic (exact) mass is 242 g/mol. The third-order valence-corrected chi connectivity index (χ3v) is 3.53. The van der Waals surface area contributed by atoms with Crippen LogP contribution in [0.3, 0.4) is 0 Å². The van der Waals surface area contributed by atoms with Gasteiger partial charge in [0.05, 0.1) is 6.26 Å². The number of rotatable bonds is 6. The fraction of sp³-hybridized carbons (Fsp3) is 0.455. The molecule has 1 rings (SSSR count). The second-order valence-corrected chi connectivity index (χ2v) is 5.71. The number of nitrogens with zero attached hydrogens (tertiary/aromatic N) is 1. The van der Waals surface area contributed by atoms with Crippen LogP contribution in [0, 0.1) is 0 Å². The quantitative estimate of drug-likeness (QED) is 0.802. The van der Waals surface area contributed by atoms with Crippen molar-refractivity contribution in [2.75, 3.05) is 19.3 Å². The van der Waals surface area contributed by atoms with Crippen molar-refractivity contribution in [3.05, 3.63) is 35.9 Å². The second-order valence-electron chi connectivity index (χ2n) is 3.72.